The Kier molecular flexibility index (Phi) is 5.06. The summed E-state index contributed by atoms with van der Waals surface area (Å²) in [6.45, 7) is 8.31. The highest BCUT2D eigenvalue weighted by molar-refractivity contribution is 7.97. The molecule has 0 unspecified atom stereocenters. The van der Waals surface area contributed by atoms with Crippen LogP contribution >= 0.6 is 7.26 Å². The summed E-state index contributed by atoms with van der Waals surface area (Å²) in [5.41, 5.74) is -0.859. The molecular formula is C24H28OP+. The lowest BCUT2D eigenvalue weighted by Gasteiger charge is -2.46. The molecule has 3 rings (SSSR count). The van der Waals surface area contributed by atoms with Crippen LogP contribution in [0, 0.1) is 0 Å². The van der Waals surface area contributed by atoms with Crippen LogP contribution in [0.25, 0.3) is 0 Å². The van der Waals surface area contributed by atoms with Crippen molar-refractivity contribution in [3.63, 3.8) is 0 Å². The van der Waals surface area contributed by atoms with Crippen molar-refractivity contribution in [2.75, 3.05) is 0 Å². The van der Waals surface area contributed by atoms with E-state index < -0.39 is 12.9 Å². The minimum absolute atomic E-state index is 0.371. The zero-order chi connectivity index (χ0) is 18.8. The molecule has 0 atom stereocenters. The molecule has 0 aliphatic rings. The number of hydrogen-bond acceptors (Lipinski definition) is 1. The van der Waals surface area contributed by atoms with Gasteiger partial charge < -0.3 is 5.11 Å². The van der Waals surface area contributed by atoms with Gasteiger partial charge in [-0.05, 0) is 64.1 Å². The van der Waals surface area contributed by atoms with Crippen LogP contribution in [0.15, 0.2) is 91.0 Å². The Morgan fingerprint density at radius 1 is 0.538 bits per heavy atom. The topological polar surface area (TPSA) is 20.2 Å². The van der Waals surface area contributed by atoms with Crippen molar-refractivity contribution in [3.05, 3.63) is 91.0 Å². The first kappa shape index (κ1) is 18.8. The van der Waals surface area contributed by atoms with E-state index in [1.807, 2.05) is 13.8 Å². The fourth-order valence-corrected chi connectivity index (χ4v) is 9.29. The predicted octanol–water partition coefficient (Wildman–Crippen LogP) is 4.53. The van der Waals surface area contributed by atoms with Crippen LogP contribution in [-0.4, -0.2) is 15.9 Å². The molecule has 0 aliphatic carbocycles. The van der Waals surface area contributed by atoms with Crippen molar-refractivity contribution < 1.29 is 5.11 Å². The molecule has 26 heavy (non-hydrogen) atoms. The van der Waals surface area contributed by atoms with Crippen LogP contribution in [-0.2, 0) is 0 Å². The minimum Gasteiger partial charge on any atom is -0.386 e. The third-order valence-corrected chi connectivity index (χ3v) is 11.2. The first-order chi connectivity index (χ1) is 12.3. The number of aliphatic hydroxyl groups is 1. The standard InChI is InChI=1S/C24H28OP/c1-23(2,25)24(3,4)26(20-14-8-5-9-15-20,21-16-10-6-11-17-21)22-18-12-7-13-19-22/h5-19,25H,1-4H3/q+1. The van der Waals surface area contributed by atoms with Crippen LogP contribution in [0.1, 0.15) is 27.7 Å². The van der Waals surface area contributed by atoms with Crippen LogP contribution in [0.4, 0.5) is 0 Å². The lowest BCUT2D eigenvalue weighted by molar-refractivity contribution is 0.0468. The van der Waals surface area contributed by atoms with E-state index in [0.29, 0.717) is 0 Å². The minimum atomic E-state index is -2.13. The van der Waals surface area contributed by atoms with Crippen molar-refractivity contribution >= 4 is 23.2 Å². The van der Waals surface area contributed by atoms with Gasteiger partial charge in [-0.2, -0.15) is 0 Å². The van der Waals surface area contributed by atoms with Gasteiger partial charge in [-0.3, -0.25) is 0 Å². The molecule has 3 aromatic carbocycles. The van der Waals surface area contributed by atoms with E-state index in [4.69, 9.17) is 0 Å². The van der Waals surface area contributed by atoms with Crippen LogP contribution in [0.3, 0.4) is 0 Å². The van der Waals surface area contributed by atoms with Crippen molar-refractivity contribution in [3.8, 4) is 0 Å². The molecule has 0 fully saturated rings. The van der Waals surface area contributed by atoms with Crippen molar-refractivity contribution in [1.82, 2.24) is 0 Å². The molecule has 2 heteroatoms. The molecule has 1 nitrogen and oxygen atoms in total. The van der Waals surface area contributed by atoms with Gasteiger partial charge in [0.25, 0.3) is 0 Å². The first-order valence-corrected chi connectivity index (χ1v) is 10.9. The summed E-state index contributed by atoms with van der Waals surface area (Å²) in [6.07, 6.45) is 0. The van der Waals surface area contributed by atoms with Gasteiger partial charge in [-0.15, -0.1) is 0 Å². The van der Waals surface area contributed by atoms with Crippen molar-refractivity contribution in [1.29, 1.82) is 0 Å². The highest BCUT2D eigenvalue weighted by atomic mass is 31.2. The average molecular weight is 363 g/mol. The molecule has 0 radical (unpaired) electrons. The van der Waals surface area contributed by atoms with Gasteiger partial charge in [-0.1, -0.05) is 54.6 Å². The molecule has 3 aromatic rings. The van der Waals surface area contributed by atoms with Crippen LogP contribution in [0.5, 0.6) is 0 Å². The Balaban J connectivity index is 2.48. The van der Waals surface area contributed by atoms with E-state index in [1.165, 1.54) is 15.9 Å². The quantitative estimate of drug-likeness (QED) is 0.661. The van der Waals surface area contributed by atoms with Gasteiger partial charge in [0, 0.05) is 0 Å². The molecule has 0 saturated carbocycles. The smallest absolute Gasteiger partial charge is 0.120 e. The fraction of sp³-hybridized carbons (Fsp3) is 0.250. The molecule has 0 spiro atoms. The van der Waals surface area contributed by atoms with Gasteiger partial charge in [-0.25, -0.2) is 0 Å². The number of benzene rings is 3. The second-order valence-electron chi connectivity index (χ2n) is 7.80. The molecule has 134 valence electrons. The Labute approximate surface area is 158 Å². The lowest BCUT2D eigenvalue weighted by atomic mass is 9.94. The SMILES string of the molecule is CC(C)(O)C(C)(C)[P+](c1ccccc1)(c1ccccc1)c1ccccc1. The molecular weight excluding hydrogens is 335 g/mol. The first-order valence-electron chi connectivity index (χ1n) is 9.10. The van der Waals surface area contributed by atoms with E-state index in [9.17, 15) is 5.11 Å². The van der Waals surface area contributed by atoms with Crippen molar-refractivity contribution in [2.24, 2.45) is 0 Å². The number of rotatable bonds is 5. The van der Waals surface area contributed by atoms with Gasteiger partial charge >= 0.3 is 0 Å². The Bertz CT molecular complexity index is 737. The van der Waals surface area contributed by atoms with Crippen LogP contribution in [0.2, 0.25) is 0 Å². The fourth-order valence-electron chi connectivity index (χ4n) is 3.78. The molecule has 0 aromatic heterocycles. The van der Waals surface area contributed by atoms with E-state index in [0.717, 1.165) is 0 Å². The van der Waals surface area contributed by atoms with E-state index >= 15 is 0 Å². The van der Waals surface area contributed by atoms with Gasteiger partial charge in [0.15, 0.2) is 0 Å². The van der Waals surface area contributed by atoms with Crippen LogP contribution < -0.4 is 15.9 Å². The lowest BCUT2D eigenvalue weighted by Crippen LogP contribution is -2.55. The second kappa shape index (κ2) is 6.99. The third kappa shape index (κ3) is 2.90. The molecule has 0 saturated heterocycles. The summed E-state index contributed by atoms with van der Waals surface area (Å²) in [5.74, 6) is 0. The summed E-state index contributed by atoms with van der Waals surface area (Å²) >= 11 is 0. The Morgan fingerprint density at radius 2 is 0.808 bits per heavy atom. The maximum atomic E-state index is 11.3. The molecule has 0 aliphatic heterocycles. The maximum Gasteiger partial charge on any atom is 0.120 e. The second-order valence-corrected chi connectivity index (χ2v) is 11.8. The average Bonchev–Trinajstić information content (AvgIpc) is 2.64. The summed E-state index contributed by atoms with van der Waals surface area (Å²) in [5, 5.41) is 14.8. The summed E-state index contributed by atoms with van der Waals surface area (Å²) in [7, 11) is -2.13. The van der Waals surface area contributed by atoms with Crippen molar-refractivity contribution in [2.45, 2.75) is 38.5 Å². The third-order valence-electron chi connectivity index (χ3n) is 5.77. The molecule has 0 amide bonds. The molecule has 1 N–H and O–H groups in total. The highest BCUT2D eigenvalue weighted by Gasteiger charge is 2.63. The van der Waals surface area contributed by atoms with E-state index in [2.05, 4.69) is 105 Å². The molecule has 0 heterocycles. The zero-order valence-electron chi connectivity index (χ0n) is 16.1. The van der Waals surface area contributed by atoms with E-state index in [1.54, 1.807) is 0 Å². The molecule has 0 bridgehead atoms. The summed E-state index contributed by atoms with van der Waals surface area (Å²) in [4.78, 5) is 0. The Hall–Kier alpha value is -1.95. The summed E-state index contributed by atoms with van der Waals surface area (Å²) < 4.78 is 0. The number of hydrogen-bond donors (Lipinski definition) is 1. The Morgan fingerprint density at radius 3 is 1.04 bits per heavy atom. The predicted molar refractivity (Wildman–Crippen MR) is 116 cm³/mol. The largest absolute Gasteiger partial charge is 0.386 e. The zero-order valence-corrected chi connectivity index (χ0v) is 16.9. The highest BCUT2D eigenvalue weighted by Crippen LogP contribution is 2.68. The van der Waals surface area contributed by atoms with Gasteiger partial charge in [0.05, 0.1) is 5.60 Å². The van der Waals surface area contributed by atoms with E-state index in [-0.39, 0.29) is 5.16 Å². The maximum absolute atomic E-state index is 11.3. The van der Waals surface area contributed by atoms with Gasteiger partial charge in [0.2, 0.25) is 0 Å². The van der Waals surface area contributed by atoms with Gasteiger partial charge in [0.1, 0.15) is 28.3 Å². The summed E-state index contributed by atoms with van der Waals surface area (Å²) in [6, 6.07) is 32.2. The monoisotopic (exact) mass is 363 g/mol. The normalized spacial score (nSPS) is 12.8.